The minimum Gasteiger partial charge on any atom is -0.352 e. The molecule has 0 fully saturated rings. The predicted molar refractivity (Wildman–Crippen MR) is 147 cm³/mol. The Morgan fingerprint density at radius 1 is 0.914 bits per heavy atom. The number of nitrogens with one attached hydrogen (secondary N) is 1. The predicted octanol–water partition coefficient (Wildman–Crippen LogP) is 6.85. The van der Waals surface area contributed by atoms with Crippen LogP contribution in [-0.4, -0.2) is 28.8 Å². The van der Waals surface area contributed by atoms with Crippen molar-refractivity contribution in [1.29, 1.82) is 0 Å². The third kappa shape index (κ3) is 8.09. The van der Waals surface area contributed by atoms with E-state index in [2.05, 4.69) is 21.2 Å². The van der Waals surface area contributed by atoms with E-state index in [0.717, 1.165) is 27.6 Å². The number of benzene rings is 3. The maximum atomic E-state index is 13.7. The van der Waals surface area contributed by atoms with Crippen LogP contribution in [0.2, 0.25) is 10.0 Å². The van der Waals surface area contributed by atoms with Gasteiger partial charge in [-0.25, -0.2) is 0 Å². The second-order valence-corrected chi connectivity index (χ2v) is 10.3. The van der Waals surface area contributed by atoms with Gasteiger partial charge in [0.25, 0.3) is 0 Å². The fourth-order valence-corrected chi connectivity index (χ4v) is 4.29. The first-order valence-electron chi connectivity index (χ1n) is 11.6. The Bertz CT molecular complexity index is 1140. The largest absolute Gasteiger partial charge is 0.352 e. The molecule has 1 N–H and O–H groups in total. The van der Waals surface area contributed by atoms with E-state index in [1.165, 1.54) is 0 Å². The summed E-state index contributed by atoms with van der Waals surface area (Å²) in [4.78, 5) is 28.9. The first-order valence-corrected chi connectivity index (χ1v) is 13.1. The van der Waals surface area contributed by atoms with Crippen LogP contribution in [0.4, 0.5) is 0 Å². The van der Waals surface area contributed by atoms with Gasteiger partial charge in [0, 0.05) is 23.5 Å². The summed E-state index contributed by atoms with van der Waals surface area (Å²) in [7, 11) is 0. The maximum Gasteiger partial charge on any atom is 0.243 e. The maximum absolute atomic E-state index is 13.7. The molecule has 0 radical (unpaired) electrons. The lowest BCUT2D eigenvalue weighted by molar-refractivity contribution is -0.141. The Morgan fingerprint density at radius 3 is 2.20 bits per heavy atom. The molecule has 2 amide bonds. The molecule has 0 aliphatic heterocycles. The van der Waals surface area contributed by atoms with Gasteiger partial charge in [-0.2, -0.15) is 0 Å². The van der Waals surface area contributed by atoms with Crippen LogP contribution in [0.25, 0.3) is 0 Å². The molecule has 3 aromatic carbocycles. The lowest BCUT2D eigenvalue weighted by Crippen LogP contribution is -2.52. The van der Waals surface area contributed by atoms with Crippen LogP contribution < -0.4 is 5.32 Å². The highest BCUT2D eigenvalue weighted by atomic mass is 79.9. The fourth-order valence-electron chi connectivity index (χ4n) is 3.71. The molecule has 3 rings (SSSR count). The average Bonchev–Trinajstić information content (AvgIpc) is 2.85. The third-order valence-corrected chi connectivity index (χ3v) is 7.15. The van der Waals surface area contributed by atoms with E-state index in [-0.39, 0.29) is 24.3 Å². The first-order chi connectivity index (χ1) is 16.8. The van der Waals surface area contributed by atoms with Gasteiger partial charge in [-0.1, -0.05) is 94.6 Å². The average molecular weight is 576 g/mol. The van der Waals surface area contributed by atoms with Gasteiger partial charge < -0.3 is 10.2 Å². The minimum absolute atomic E-state index is 0.000442. The van der Waals surface area contributed by atoms with Crippen LogP contribution in [0.1, 0.15) is 37.0 Å². The van der Waals surface area contributed by atoms with Crippen molar-refractivity contribution in [2.24, 2.45) is 0 Å². The molecule has 0 saturated heterocycles. The van der Waals surface area contributed by atoms with Crippen LogP contribution in [-0.2, 0) is 29.0 Å². The van der Waals surface area contributed by atoms with Gasteiger partial charge in [0.2, 0.25) is 11.8 Å². The molecule has 0 saturated carbocycles. The van der Waals surface area contributed by atoms with Crippen molar-refractivity contribution in [2.75, 3.05) is 0 Å². The lowest BCUT2D eigenvalue weighted by Gasteiger charge is -2.32. The number of rotatable bonds is 10. The Labute approximate surface area is 225 Å². The highest BCUT2D eigenvalue weighted by Gasteiger charge is 2.31. The van der Waals surface area contributed by atoms with E-state index in [1.807, 2.05) is 68.4 Å². The highest BCUT2D eigenvalue weighted by molar-refractivity contribution is 9.10. The number of hydrogen-bond donors (Lipinski definition) is 1. The van der Waals surface area contributed by atoms with Gasteiger partial charge in [-0.05, 0) is 54.3 Å². The van der Waals surface area contributed by atoms with Crippen molar-refractivity contribution in [3.05, 3.63) is 104 Å². The number of hydrogen-bond acceptors (Lipinski definition) is 2. The number of carbonyl (C=O) groups is 2. The third-order valence-electron chi connectivity index (χ3n) is 5.88. The molecule has 7 heteroatoms. The lowest BCUT2D eigenvalue weighted by atomic mass is 10.0. The molecule has 2 atom stereocenters. The van der Waals surface area contributed by atoms with Crippen LogP contribution in [0.15, 0.2) is 77.3 Å². The van der Waals surface area contributed by atoms with Crippen molar-refractivity contribution >= 4 is 50.9 Å². The van der Waals surface area contributed by atoms with Gasteiger partial charge in [0.1, 0.15) is 6.04 Å². The minimum atomic E-state index is -0.676. The Hall–Kier alpha value is -2.34. The van der Waals surface area contributed by atoms with E-state index in [1.54, 1.807) is 23.1 Å². The molecule has 0 aliphatic carbocycles. The molecule has 4 nitrogen and oxygen atoms in total. The van der Waals surface area contributed by atoms with Gasteiger partial charge in [0.05, 0.1) is 16.5 Å². The van der Waals surface area contributed by atoms with Crippen molar-refractivity contribution in [2.45, 2.75) is 51.7 Å². The molecule has 184 valence electrons. The SMILES string of the molecule is CC[C@@H](C)NC(=O)[C@H](Cc1ccccc1)N(Cc1ccc(Br)cc1)C(=O)Cc1ccc(Cl)c(Cl)c1. The summed E-state index contributed by atoms with van der Waals surface area (Å²) in [5.41, 5.74) is 2.66. The van der Waals surface area contributed by atoms with E-state index < -0.39 is 6.04 Å². The molecular weight excluding hydrogens is 547 g/mol. The Kier molecular flexibility index (Phi) is 10.2. The Morgan fingerprint density at radius 2 is 1.57 bits per heavy atom. The molecule has 0 bridgehead atoms. The second kappa shape index (κ2) is 13.1. The van der Waals surface area contributed by atoms with Crippen LogP contribution in [0.5, 0.6) is 0 Å². The van der Waals surface area contributed by atoms with E-state index in [9.17, 15) is 9.59 Å². The summed E-state index contributed by atoms with van der Waals surface area (Å²) in [6.45, 7) is 4.29. The van der Waals surface area contributed by atoms with Crippen molar-refractivity contribution in [1.82, 2.24) is 10.2 Å². The molecule has 0 aliphatic rings. The van der Waals surface area contributed by atoms with Gasteiger partial charge in [-0.15, -0.1) is 0 Å². The van der Waals surface area contributed by atoms with E-state index >= 15 is 0 Å². The molecule has 3 aromatic rings. The number of halogens is 3. The summed E-state index contributed by atoms with van der Waals surface area (Å²) in [6.07, 6.45) is 1.32. The van der Waals surface area contributed by atoms with E-state index in [4.69, 9.17) is 23.2 Å². The van der Waals surface area contributed by atoms with Crippen molar-refractivity contribution < 1.29 is 9.59 Å². The highest BCUT2D eigenvalue weighted by Crippen LogP contribution is 2.24. The Balaban J connectivity index is 1.97. The van der Waals surface area contributed by atoms with Crippen molar-refractivity contribution in [3.63, 3.8) is 0 Å². The van der Waals surface area contributed by atoms with Crippen LogP contribution >= 0.6 is 39.1 Å². The molecule has 0 spiro atoms. The standard InChI is InChI=1S/C28H29BrCl2N2O2/c1-3-19(2)32-28(35)26(16-20-7-5-4-6-8-20)33(18-21-9-12-23(29)13-10-21)27(34)17-22-11-14-24(30)25(31)15-22/h4-15,19,26H,3,16-18H2,1-2H3,(H,32,35)/t19-,26+/m1/s1. The number of nitrogens with zero attached hydrogens (tertiary/aromatic N) is 1. The molecule has 0 unspecified atom stereocenters. The normalized spacial score (nSPS) is 12.6. The monoisotopic (exact) mass is 574 g/mol. The molecule has 0 aromatic heterocycles. The quantitative estimate of drug-likeness (QED) is 0.287. The second-order valence-electron chi connectivity index (χ2n) is 8.60. The zero-order valence-electron chi connectivity index (χ0n) is 19.8. The fraction of sp³-hybridized carbons (Fsp3) is 0.286. The summed E-state index contributed by atoms with van der Waals surface area (Å²) in [5, 5.41) is 3.91. The zero-order valence-corrected chi connectivity index (χ0v) is 22.9. The number of amides is 2. The summed E-state index contributed by atoms with van der Waals surface area (Å²) < 4.78 is 0.949. The molecule has 0 heterocycles. The van der Waals surface area contributed by atoms with E-state index in [0.29, 0.717) is 23.0 Å². The van der Waals surface area contributed by atoms with Gasteiger partial charge in [-0.3, -0.25) is 9.59 Å². The van der Waals surface area contributed by atoms with Crippen molar-refractivity contribution in [3.8, 4) is 0 Å². The van der Waals surface area contributed by atoms with Gasteiger partial charge in [0.15, 0.2) is 0 Å². The van der Waals surface area contributed by atoms with Crippen LogP contribution in [0, 0.1) is 0 Å². The summed E-state index contributed by atoms with van der Waals surface area (Å²) in [6, 6.07) is 22.0. The number of carbonyl (C=O) groups excluding carboxylic acids is 2. The van der Waals surface area contributed by atoms with Crippen LogP contribution in [0.3, 0.4) is 0 Å². The molecular formula is C28H29BrCl2N2O2. The van der Waals surface area contributed by atoms with Gasteiger partial charge >= 0.3 is 0 Å². The summed E-state index contributed by atoms with van der Waals surface area (Å²) >= 11 is 15.7. The smallest absolute Gasteiger partial charge is 0.243 e. The molecule has 35 heavy (non-hydrogen) atoms. The summed E-state index contributed by atoms with van der Waals surface area (Å²) in [5.74, 6) is -0.325. The zero-order chi connectivity index (χ0) is 25.4. The first kappa shape index (κ1) is 27.3. The topological polar surface area (TPSA) is 49.4 Å².